The van der Waals surface area contributed by atoms with Crippen LogP contribution >= 0.6 is 22.9 Å². The number of ether oxygens (including phenoxy) is 1. The number of carbonyl (C=O) groups excluding carboxylic acids is 1. The number of aromatic nitrogens is 1. The van der Waals surface area contributed by atoms with Gasteiger partial charge in [0, 0.05) is 38.6 Å². The molecule has 0 aliphatic heterocycles. The molecular formula is C25H23ClN2O2S. The SMILES string of the molecule is COc1ccc(Cn2c3c(c4ccc(C(=O)NCc5cccs5)cc42)CCC3)c(Cl)c1. The van der Waals surface area contributed by atoms with Crippen LogP contribution < -0.4 is 10.1 Å². The summed E-state index contributed by atoms with van der Waals surface area (Å²) >= 11 is 8.19. The summed E-state index contributed by atoms with van der Waals surface area (Å²) in [6.07, 6.45) is 3.30. The van der Waals surface area contributed by atoms with E-state index in [9.17, 15) is 4.79 Å². The van der Waals surface area contributed by atoms with Crippen LogP contribution in [0.25, 0.3) is 10.9 Å². The molecule has 31 heavy (non-hydrogen) atoms. The van der Waals surface area contributed by atoms with Crippen LogP contribution in [0.1, 0.15) is 38.5 Å². The number of rotatable bonds is 6. The van der Waals surface area contributed by atoms with Crippen molar-refractivity contribution in [3.63, 3.8) is 0 Å². The molecule has 2 heterocycles. The highest BCUT2D eigenvalue weighted by Crippen LogP contribution is 2.35. The Kier molecular flexibility index (Phi) is 5.47. The topological polar surface area (TPSA) is 43.3 Å². The summed E-state index contributed by atoms with van der Waals surface area (Å²) in [4.78, 5) is 13.9. The third-order valence-electron chi connectivity index (χ3n) is 5.98. The Morgan fingerprint density at radius 3 is 2.87 bits per heavy atom. The predicted molar refractivity (Wildman–Crippen MR) is 127 cm³/mol. The van der Waals surface area contributed by atoms with Crippen molar-refractivity contribution in [2.75, 3.05) is 7.11 Å². The number of aryl methyl sites for hydroxylation is 1. The maximum Gasteiger partial charge on any atom is 0.251 e. The van der Waals surface area contributed by atoms with Crippen LogP contribution in [-0.4, -0.2) is 17.6 Å². The van der Waals surface area contributed by atoms with Gasteiger partial charge in [0.25, 0.3) is 5.91 Å². The largest absolute Gasteiger partial charge is 0.497 e. The molecule has 2 aromatic heterocycles. The highest BCUT2D eigenvalue weighted by molar-refractivity contribution is 7.09. The summed E-state index contributed by atoms with van der Waals surface area (Å²) in [5.74, 6) is 0.701. The van der Waals surface area contributed by atoms with E-state index < -0.39 is 0 Å². The molecule has 2 aromatic carbocycles. The fraction of sp³-hybridized carbons (Fsp3) is 0.240. The lowest BCUT2D eigenvalue weighted by molar-refractivity contribution is 0.0951. The van der Waals surface area contributed by atoms with E-state index in [1.54, 1.807) is 18.4 Å². The van der Waals surface area contributed by atoms with Gasteiger partial charge in [-0.2, -0.15) is 0 Å². The smallest absolute Gasteiger partial charge is 0.251 e. The van der Waals surface area contributed by atoms with Crippen molar-refractivity contribution in [3.05, 3.63) is 86.2 Å². The molecule has 158 valence electrons. The molecule has 0 saturated heterocycles. The minimum atomic E-state index is -0.0503. The predicted octanol–water partition coefficient (Wildman–Crippen LogP) is 5.83. The van der Waals surface area contributed by atoms with Gasteiger partial charge in [0.2, 0.25) is 0 Å². The van der Waals surface area contributed by atoms with Gasteiger partial charge in [-0.15, -0.1) is 11.3 Å². The molecule has 1 aliphatic carbocycles. The number of nitrogens with one attached hydrogen (secondary N) is 1. The highest BCUT2D eigenvalue weighted by atomic mass is 35.5. The Labute approximate surface area is 190 Å². The molecule has 1 aliphatic rings. The Morgan fingerprint density at radius 2 is 2.10 bits per heavy atom. The Hall–Kier alpha value is -2.76. The normalized spacial score (nSPS) is 12.8. The summed E-state index contributed by atoms with van der Waals surface area (Å²) in [6.45, 7) is 1.22. The van der Waals surface area contributed by atoms with E-state index in [0.29, 0.717) is 23.7 Å². The molecule has 1 amide bonds. The third-order valence-corrected chi connectivity index (χ3v) is 7.21. The van der Waals surface area contributed by atoms with E-state index in [0.717, 1.165) is 34.5 Å². The molecule has 0 atom stereocenters. The van der Waals surface area contributed by atoms with Gasteiger partial charge in [0.1, 0.15) is 5.75 Å². The quantitative estimate of drug-likeness (QED) is 0.401. The number of benzene rings is 2. The highest BCUT2D eigenvalue weighted by Gasteiger charge is 2.23. The molecule has 0 fully saturated rings. The summed E-state index contributed by atoms with van der Waals surface area (Å²) in [5, 5.41) is 6.99. The van der Waals surface area contributed by atoms with Crippen LogP contribution in [0, 0.1) is 0 Å². The van der Waals surface area contributed by atoms with Gasteiger partial charge in [-0.25, -0.2) is 0 Å². The van der Waals surface area contributed by atoms with Gasteiger partial charge in [-0.3, -0.25) is 4.79 Å². The maximum absolute atomic E-state index is 12.8. The van der Waals surface area contributed by atoms with E-state index in [1.807, 2.05) is 47.8 Å². The van der Waals surface area contributed by atoms with Crippen molar-refractivity contribution < 1.29 is 9.53 Å². The number of thiophene rings is 1. The van der Waals surface area contributed by atoms with Gasteiger partial charge in [-0.1, -0.05) is 29.8 Å². The maximum atomic E-state index is 12.8. The third kappa shape index (κ3) is 3.84. The van der Waals surface area contributed by atoms with Crippen molar-refractivity contribution in [2.45, 2.75) is 32.4 Å². The Morgan fingerprint density at radius 1 is 1.19 bits per heavy atom. The first kappa shape index (κ1) is 20.2. The van der Waals surface area contributed by atoms with Crippen molar-refractivity contribution >= 4 is 39.7 Å². The van der Waals surface area contributed by atoms with Crippen LogP contribution in [0.2, 0.25) is 5.02 Å². The molecule has 0 unspecified atom stereocenters. The number of methoxy groups -OCH3 is 1. The van der Waals surface area contributed by atoms with Crippen LogP contribution in [0.5, 0.6) is 5.75 Å². The lowest BCUT2D eigenvalue weighted by Crippen LogP contribution is -2.22. The van der Waals surface area contributed by atoms with Gasteiger partial charge in [0.15, 0.2) is 0 Å². The summed E-state index contributed by atoms with van der Waals surface area (Å²) in [6, 6.07) is 15.9. The van der Waals surface area contributed by atoms with Gasteiger partial charge < -0.3 is 14.6 Å². The summed E-state index contributed by atoms with van der Waals surface area (Å²) < 4.78 is 7.62. The van der Waals surface area contributed by atoms with Crippen LogP contribution in [0.3, 0.4) is 0 Å². The average molecular weight is 451 g/mol. The first-order valence-corrected chi connectivity index (χ1v) is 11.7. The Bertz CT molecular complexity index is 1260. The fourth-order valence-corrected chi connectivity index (χ4v) is 5.30. The zero-order valence-corrected chi connectivity index (χ0v) is 18.9. The van der Waals surface area contributed by atoms with Gasteiger partial charge in [0.05, 0.1) is 13.7 Å². The monoisotopic (exact) mass is 450 g/mol. The second kappa shape index (κ2) is 8.40. The summed E-state index contributed by atoms with van der Waals surface area (Å²) in [5.41, 5.74) is 5.59. The minimum Gasteiger partial charge on any atom is -0.497 e. The molecule has 0 saturated carbocycles. The van der Waals surface area contributed by atoms with Gasteiger partial charge in [-0.05, 0) is 66.1 Å². The van der Waals surface area contributed by atoms with Gasteiger partial charge >= 0.3 is 0 Å². The second-order valence-electron chi connectivity index (χ2n) is 7.82. The number of hydrogen-bond acceptors (Lipinski definition) is 3. The van der Waals surface area contributed by atoms with E-state index in [4.69, 9.17) is 16.3 Å². The first-order chi connectivity index (χ1) is 15.1. The van der Waals surface area contributed by atoms with Crippen LogP contribution in [-0.2, 0) is 25.9 Å². The number of nitrogens with zero attached hydrogens (tertiary/aromatic N) is 1. The number of hydrogen-bond donors (Lipinski definition) is 1. The van der Waals surface area contributed by atoms with Crippen molar-refractivity contribution in [3.8, 4) is 5.75 Å². The number of amides is 1. The molecule has 6 heteroatoms. The number of halogens is 1. The Balaban J connectivity index is 1.49. The van der Waals surface area contributed by atoms with Crippen LogP contribution in [0.4, 0.5) is 0 Å². The first-order valence-electron chi connectivity index (χ1n) is 10.4. The average Bonchev–Trinajstić information content (AvgIpc) is 3.52. The minimum absolute atomic E-state index is 0.0503. The van der Waals surface area contributed by atoms with Crippen molar-refractivity contribution in [2.24, 2.45) is 0 Å². The summed E-state index contributed by atoms with van der Waals surface area (Å²) in [7, 11) is 1.64. The molecular weight excluding hydrogens is 428 g/mol. The lowest BCUT2D eigenvalue weighted by Gasteiger charge is -2.13. The van der Waals surface area contributed by atoms with E-state index >= 15 is 0 Å². The zero-order chi connectivity index (χ0) is 21.4. The van der Waals surface area contributed by atoms with Crippen molar-refractivity contribution in [1.29, 1.82) is 0 Å². The molecule has 4 aromatic rings. The van der Waals surface area contributed by atoms with E-state index in [1.165, 1.54) is 23.1 Å². The standard InChI is InChI=1S/C25H23ClN2O2S/c1-30-18-9-7-17(22(26)13-18)15-28-23-6-2-5-20(23)21-10-8-16(12-24(21)28)25(29)27-14-19-4-3-11-31-19/h3-4,7-13H,2,5-6,14-15H2,1H3,(H,27,29). The van der Waals surface area contributed by atoms with Crippen LogP contribution in [0.15, 0.2) is 53.9 Å². The van der Waals surface area contributed by atoms with Crippen molar-refractivity contribution in [1.82, 2.24) is 9.88 Å². The lowest BCUT2D eigenvalue weighted by atomic mass is 10.1. The number of fused-ring (bicyclic) bond motifs is 3. The zero-order valence-electron chi connectivity index (χ0n) is 17.3. The van der Waals surface area contributed by atoms with E-state index in [-0.39, 0.29) is 5.91 Å². The molecule has 1 N–H and O–H groups in total. The fourth-order valence-electron chi connectivity index (χ4n) is 4.43. The molecule has 5 rings (SSSR count). The molecule has 0 spiro atoms. The molecule has 0 bridgehead atoms. The second-order valence-corrected chi connectivity index (χ2v) is 9.26. The number of carbonyl (C=O) groups is 1. The van der Waals surface area contributed by atoms with E-state index in [2.05, 4.69) is 16.0 Å². The molecule has 0 radical (unpaired) electrons. The molecule has 4 nitrogen and oxygen atoms in total.